The Hall–Kier alpha value is -3.72. The summed E-state index contributed by atoms with van der Waals surface area (Å²) in [6.45, 7) is 5.21. The third-order valence-electron chi connectivity index (χ3n) is 6.50. The number of carbonyl (C=O) groups excluding carboxylic acids is 1. The molecule has 5 rings (SSSR count). The second-order valence-electron chi connectivity index (χ2n) is 9.05. The highest BCUT2D eigenvalue weighted by atomic mass is 16.5. The Morgan fingerprint density at radius 3 is 2.42 bits per heavy atom. The molecule has 2 aromatic heterocycles. The molecule has 188 valence electrons. The van der Waals surface area contributed by atoms with Gasteiger partial charge >= 0.3 is 0 Å². The molecule has 0 saturated carbocycles. The van der Waals surface area contributed by atoms with Crippen LogP contribution in [0.4, 0.5) is 5.95 Å². The third kappa shape index (κ3) is 6.09. The van der Waals surface area contributed by atoms with Crippen LogP contribution in [0.15, 0.2) is 61.1 Å². The summed E-state index contributed by atoms with van der Waals surface area (Å²) in [5.74, 6) is 2.79. The number of fused-ring (bicyclic) bond motifs is 2. The van der Waals surface area contributed by atoms with E-state index in [1.807, 2.05) is 47.4 Å². The first-order valence-corrected chi connectivity index (χ1v) is 12.6. The number of aromatic nitrogens is 3. The molecule has 1 amide bonds. The number of amides is 1. The van der Waals surface area contributed by atoms with Crippen LogP contribution in [-0.2, 0) is 11.3 Å². The fourth-order valence-electron chi connectivity index (χ4n) is 4.55. The summed E-state index contributed by atoms with van der Waals surface area (Å²) in [5, 5.41) is 0. The highest BCUT2D eigenvalue weighted by Gasteiger charge is 2.24. The van der Waals surface area contributed by atoms with Crippen molar-refractivity contribution in [2.75, 3.05) is 50.8 Å². The lowest BCUT2D eigenvalue weighted by molar-refractivity contribution is -0.132. The molecule has 1 fully saturated rings. The van der Waals surface area contributed by atoms with E-state index in [9.17, 15) is 4.79 Å². The van der Waals surface area contributed by atoms with E-state index in [0.717, 1.165) is 56.2 Å². The van der Waals surface area contributed by atoms with Crippen molar-refractivity contribution in [2.45, 2.75) is 25.8 Å². The number of rotatable bonds is 3. The summed E-state index contributed by atoms with van der Waals surface area (Å²) in [5.41, 5.74) is 0.949. The average molecular weight is 489 g/mol. The number of para-hydroxylation sites is 2. The van der Waals surface area contributed by atoms with Crippen LogP contribution in [0.2, 0.25) is 0 Å². The van der Waals surface area contributed by atoms with Crippen molar-refractivity contribution >= 4 is 11.9 Å². The van der Waals surface area contributed by atoms with Gasteiger partial charge in [0, 0.05) is 56.9 Å². The minimum absolute atomic E-state index is 0.146. The number of benzene rings is 1. The van der Waals surface area contributed by atoms with Crippen molar-refractivity contribution in [1.29, 1.82) is 0 Å². The predicted molar refractivity (Wildman–Crippen MR) is 136 cm³/mol. The van der Waals surface area contributed by atoms with Crippen LogP contribution in [0.1, 0.15) is 24.8 Å². The predicted octanol–water partition coefficient (Wildman–Crippen LogP) is 3.38. The fraction of sp³-hybridized carbons (Fsp3) is 0.407. The van der Waals surface area contributed by atoms with E-state index in [1.54, 1.807) is 18.6 Å². The van der Waals surface area contributed by atoms with E-state index in [4.69, 9.17) is 9.47 Å². The van der Waals surface area contributed by atoms with E-state index in [2.05, 4.69) is 24.8 Å². The number of carbonyl (C=O) groups is 1. The van der Waals surface area contributed by atoms with Gasteiger partial charge in [-0.1, -0.05) is 18.2 Å². The van der Waals surface area contributed by atoms with Gasteiger partial charge in [0.2, 0.25) is 17.7 Å². The Morgan fingerprint density at radius 1 is 0.806 bits per heavy atom. The zero-order valence-electron chi connectivity index (χ0n) is 20.5. The van der Waals surface area contributed by atoms with Crippen molar-refractivity contribution in [3.8, 4) is 17.4 Å². The minimum Gasteiger partial charge on any atom is -0.490 e. The normalized spacial score (nSPS) is 17.3. The molecule has 2 aliphatic rings. The van der Waals surface area contributed by atoms with E-state index < -0.39 is 0 Å². The van der Waals surface area contributed by atoms with Crippen LogP contribution in [0.5, 0.6) is 17.4 Å². The van der Waals surface area contributed by atoms with Gasteiger partial charge in [0.1, 0.15) is 0 Å². The molecular formula is C27H32N6O3. The smallest absolute Gasteiger partial charge is 0.236 e. The number of ether oxygens (including phenoxy) is 2. The maximum Gasteiger partial charge on any atom is 0.236 e. The van der Waals surface area contributed by atoms with E-state index >= 15 is 0 Å². The Kier molecular flexibility index (Phi) is 7.87. The highest BCUT2D eigenvalue weighted by molar-refractivity contribution is 5.78. The fourth-order valence-corrected chi connectivity index (χ4v) is 4.55. The minimum atomic E-state index is 0.146. The largest absolute Gasteiger partial charge is 0.490 e. The Bertz CT molecular complexity index is 1140. The maximum atomic E-state index is 13.3. The molecule has 0 aliphatic carbocycles. The standard InChI is InChI=1S/C27H32N6O3/c34-25(32-15-17-33(18-16-32)27-29-12-7-13-30-27)21-31-14-4-1-5-19-35-23-9-2-3-10-24(23)36-26-22(20-31)8-6-11-28-26/h2-3,6-13H,1,4-5,14-21H2. The first-order valence-electron chi connectivity index (χ1n) is 12.6. The van der Waals surface area contributed by atoms with Gasteiger partial charge in [-0.2, -0.15) is 0 Å². The summed E-state index contributed by atoms with van der Waals surface area (Å²) in [7, 11) is 0. The van der Waals surface area contributed by atoms with Crippen molar-refractivity contribution in [1.82, 2.24) is 24.8 Å². The highest BCUT2D eigenvalue weighted by Crippen LogP contribution is 2.32. The van der Waals surface area contributed by atoms with Gasteiger partial charge in [0.15, 0.2) is 11.5 Å². The van der Waals surface area contributed by atoms with Crippen molar-refractivity contribution in [3.05, 3.63) is 66.6 Å². The Labute approximate surface area is 211 Å². The summed E-state index contributed by atoms with van der Waals surface area (Å²) in [6, 6.07) is 13.4. The molecule has 0 N–H and O–H groups in total. The van der Waals surface area contributed by atoms with Gasteiger partial charge in [0.25, 0.3) is 0 Å². The van der Waals surface area contributed by atoms with Crippen LogP contribution in [-0.4, -0.2) is 76.5 Å². The third-order valence-corrected chi connectivity index (χ3v) is 6.50. The molecule has 1 aromatic carbocycles. The van der Waals surface area contributed by atoms with E-state index in [-0.39, 0.29) is 5.91 Å². The molecule has 0 radical (unpaired) electrons. The monoisotopic (exact) mass is 488 g/mol. The first-order chi connectivity index (χ1) is 17.8. The summed E-state index contributed by atoms with van der Waals surface area (Å²) in [6.07, 6.45) is 8.20. The Morgan fingerprint density at radius 2 is 1.58 bits per heavy atom. The molecule has 0 bridgehead atoms. The number of piperazine rings is 1. The van der Waals surface area contributed by atoms with Crippen LogP contribution in [0.3, 0.4) is 0 Å². The molecular weight excluding hydrogens is 456 g/mol. The number of pyridine rings is 1. The first kappa shape index (κ1) is 24.0. The maximum absolute atomic E-state index is 13.3. The number of hydrogen-bond acceptors (Lipinski definition) is 8. The topological polar surface area (TPSA) is 83.9 Å². The zero-order valence-corrected chi connectivity index (χ0v) is 20.5. The van der Waals surface area contributed by atoms with Gasteiger partial charge in [0.05, 0.1) is 13.2 Å². The van der Waals surface area contributed by atoms with Crippen LogP contribution in [0.25, 0.3) is 0 Å². The molecule has 2 aliphatic heterocycles. The van der Waals surface area contributed by atoms with Gasteiger partial charge in [-0.25, -0.2) is 15.0 Å². The molecule has 9 nitrogen and oxygen atoms in total. The van der Waals surface area contributed by atoms with Crippen LogP contribution >= 0.6 is 0 Å². The Balaban J connectivity index is 1.26. The van der Waals surface area contributed by atoms with Crippen LogP contribution in [0, 0.1) is 0 Å². The molecule has 1 saturated heterocycles. The van der Waals surface area contributed by atoms with E-state index in [1.165, 1.54) is 0 Å². The number of anilines is 1. The lowest BCUT2D eigenvalue weighted by atomic mass is 10.2. The molecule has 3 aromatic rings. The molecule has 36 heavy (non-hydrogen) atoms. The van der Waals surface area contributed by atoms with Gasteiger partial charge < -0.3 is 19.3 Å². The lowest BCUT2D eigenvalue weighted by Crippen LogP contribution is -2.51. The second kappa shape index (κ2) is 11.8. The molecule has 4 heterocycles. The molecule has 0 unspecified atom stereocenters. The average Bonchev–Trinajstić information content (AvgIpc) is 2.94. The van der Waals surface area contributed by atoms with Crippen LogP contribution < -0.4 is 14.4 Å². The van der Waals surface area contributed by atoms with Crippen molar-refractivity contribution < 1.29 is 14.3 Å². The number of hydrogen-bond donors (Lipinski definition) is 0. The number of nitrogens with zero attached hydrogens (tertiary/aromatic N) is 6. The SMILES string of the molecule is O=C(CN1CCCCCOc2ccccc2Oc2ncccc2C1)N1CCN(c2ncccn2)CC1. The van der Waals surface area contributed by atoms with Gasteiger partial charge in [-0.15, -0.1) is 0 Å². The molecule has 0 spiro atoms. The van der Waals surface area contributed by atoms with E-state index in [0.29, 0.717) is 44.4 Å². The van der Waals surface area contributed by atoms with Crippen molar-refractivity contribution in [3.63, 3.8) is 0 Å². The summed E-state index contributed by atoms with van der Waals surface area (Å²) in [4.78, 5) is 32.7. The van der Waals surface area contributed by atoms with Crippen molar-refractivity contribution in [2.24, 2.45) is 0 Å². The zero-order chi connectivity index (χ0) is 24.6. The summed E-state index contributed by atoms with van der Waals surface area (Å²) >= 11 is 0. The quantitative estimate of drug-likeness (QED) is 0.555. The second-order valence-corrected chi connectivity index (χ2v) is 9.05. The lowest BCUT2D eigenvalue weighted by Gasteiger charge is -2.35. The molecule has 9 heteroatoms. The van der Waals surface area contributed by atoms with Gasteiger partial charge in [-0.05, 0) is 50.1 Å². The molecule has 0 atom stereocenters. The summed E-state index contributed by atoms with van der Waals surface area (Å²) < 4.78 is 12.2. The van der Waals surface area contributed by atoms with Gasteiger partial charge in [-0.3, -0.25) is 9.69 Å².